The van der Waals surface area contributed by atoms with E-state index in [9.17, 15) is 13.6 Å². The van der Waals surface area contributed by atoms with Gasteiger partial charge < -0.3 is 10.6 Å². The van der Waals surface area contributed by atoms with Crippen LogP contribution in [-0.2, 0) is 0 Å². The van der Waals surface area contributed by atoms with E-state index in [1.807, 2.05) is 6.92 Å². The van der Waals surface area contributed by atoms with Crippen molar-refractivity contribution in [3.8, 4) is 0 Å². The fourth-order valence-corrected chi connectivity index (χ4v) is 1.65. The average molecular weight is 256 g/mol. The number of halogens is 2. The summed E-state index contributed by atoms with van der Waals surface area (Å²) in [4.78, 5) is 13.4. The first-order valence-electron chi connectivity index (χ1n) is 5.78. The Morgan fingerprint density at radius 3 is 2.56 bits per heavy atom. The summed E-state index contributed by atoms with van der Waals surface area (Å²) in [7, 11) is 1.58. The molecular weight excluding hydrogens is 238 g/mol. The Morgan fingerprint density at radius 1 is 1.39 bits per heavy atom. The predicted octanol–water partition coefficient (Wildman–Crippen LogP) is 1.94. The van der Waals surface area contributed by atoms with Crippen LogP contribution in [-0.4, -0.2) is 30.9 Å². The quantitative estimate of drug-likeness (QED) is 0.895. The highest BCUT2D eigenvalue weighted by Gasteiger charge is 2.19. The van der Waals surface area contributed by atoms with E-state index in [2.05, 4.69) is 0 Å². The van der Waals surface area contributed by atoms with Crippen LogP contribution in [0.1, 0.15) is 22.8 Å². The molecule has 0 radical (unpaired) electrons. The van der Waals surface area contributed by atoms with Gasteiger partial charge in [-0.2, -0.15) is 0 Å². The zero-order valence-electron chi connectivity index (χ0n) is 10.8. The van der Waals surface area contributed by atoms with Crippen molar-refractivity contribution in [3.05, 3.63) is 34.9 Å². The van der Waals surface area contributed by atoms with E-state index < -0.39 is 17.5 Å². The zero-order valence-corrected chi connectivity index (χ0v) is 10.8. The largest absolute Gasteiger partial charge is 0.341 e. The number of hydrogen-bond donors (Lipinski definition) is 1. The molecule has 3 nitrogen and oxygen atoms in total. The van der Waals surface area contributed by atoms with Crippen molar-refractivity contribution in [2.45, 2.75) is 13.8 Å². The molecule has 1 unspecified atom stereocenters. The lowest BCUT2D eigenvalue weighted by Crippen LogP contribution is -2.34. The van der Waals surface area contributed by atoms with Gasteiger partial charge in [-0.05, 0) is 31.0 Å². The van der Waals surface area contributed by atoms with Crippen molar-refractivity contribution in [2.24, 2.45) is 11.7 Å². The van der Waals surface area contributed by atoms with Crippen LogP contribution in [0.25, 0.3) is 0 Å². The Bertz CT molecular complexity index is 449. The Kier molecular flexibility index (Phi) is 4.78. The summed E-state index contributed by atoms with van der Waals surface area (Å²) >= 11 is 0. The molecule has 0 bridgehead atoms. The molecule has 5 heteroatoms. The van der Waals surface area contributed by atoms with Crippen molar-refractivity contribution < 1.29 is 13.6 Å². The SMILES string of the molecule is Cc1cc(C(=O)N(C)CC(C)CN)c(F)cc1F. The fraction of sp³-hybridized carbons (Fsp3) is 0.462. The van der Waals surface area contributed by atoms with Crippen LogP contribution in [0.5, 0.6) is 0 Å². The first kappa shape index (κ1) is 14.6. The molecule has 1 aromatic rings. The summed E-state index contributed by atoms with van der Waals surface area (Å²) in [5.41, 5.74) is 5.61. The van der Waals surface area contributed by atoms with Crippen molar-refractivity contribution >= 4 is 5.91 Å². The average Bonchev–Trinajstić information content (AvgIpc) is 2.32. The topological polar surface area (TPSA) is 46.3 Å². The summed E-state index contributed by atoms with van der Waals surface area (Å²) in [5, 5.41) is 0. The molecule has 0 aromatic heterocycles. The summed E-state index contributed by atoms with van der Waals surface area (Å²) < 4.78 is 26.7. The number of nitrogens with two attached hydrogens (primary N) is 1. The maximum Gasteiger partial charge on any atom is 0.256 e. The monoisotopic (exact) mass is 256 g/mol. The smallest absolute Gasteiger partial charge is 0.256 e. The van der Waals surface area contributed by atoms with Gasteiger partial charge in [-0.25, -0.2) is 8.78 Å². The Morgan fingerprint density at radius 2 is 2.00 bits per heavy atom. The minimum Gasteiger partial charge on any atom is -0.341 e. The van der Waals surface area contributed by atoms with E-state index in [1.165, 1.54) is 17.9 Å². The van der Waals surface area contributed by atoms with Crippen molar-refractivity contribution in [2.75, 3.05) is 20.1 Å². The van der Waals surface area contributed by atoms with Crippen molar-refractivity contribution in [1.29, 1.82) is 0 Å². The molecule has 2 N–H and O–H groups in total. The van der Waals surface area contributed by atoms with Gasteiger partial charge in [0.05, 0.1) is 5.56 Å². The molecule has 1 rings (SSSR count). The Hall–Kier alpha value is -1.49. The van der Waals surface area contributed by atoms with Gasteiger partial charge in [0.2, 0.25) is 0 Å². The first-order valence-corrected chi connectivity index (χ1v) is 5.78. The van der Waals surface area contributed by atoms with Crippen molar-refractivity contribution in [3.63, 3.8) is 0 Å². The fourth-order valence-electron chi connectivity index (χ4n) is 1.65. The maximum absolute atomic E-state index is 13.5. The Balaban J connectivity index is 2.93. The number of nitrogens with zero attached hydrogens (tertiary/aromatic N) is 1. The van der Waals surface area contributed by atoms with Crippen molar-refractivity contribution in [1.82, 2.24) is 4.90 Å². The third-order valence-corrected chi connectivity index (χ3v) is 2.81. The van der Waals surface area contributed by atoms with Gasteiger partial charge in [-0.3, -0.25) is 4.79 Å². The number of carbonyl (C=O) groups is 1. The van der Waals surface area contributed by atoms with Crippen LogP contribution in [0.3, 0.4) is 0 Å². The highest BCUT2D eigenvalue weighted by molar-refractivity contribution is 5.94. The molecule has 0 aliphatic carbocycles. The molecule has 0 spiro atoms. The normalized spacial score (nSPS) is 12.3. The summed E-state index contributed by atoms with van der Waals surface area (Å²) in [6.45, 7) is 4.28. The van der Waals surface area contributed by atoms with Gasteiger partial charge in [0.1, 0.15) is 11.6 Å². The first-order chi connectivity index (χ1) is 8.36. The lowest BCUT2D eigenvalue weighted by Gasteiger charge is -2.21. The van der Waals surface area contributed by atoms with Gasteiger partial charge in [-0.15, -0.1) is 0 Å². The number of carbonyl (C=O) groups excluding carboxylic acids is 1. The number of amides is 1. The van der Waals surface area contributed by atoms with E-state index in [0.717, 1.165) is 6.07 Å². The summed E-state index contributed by atoms with van der Waals surface area (Å²) in [6.07, 6.45) is 0. The summed E-state index contributed by atoms with van der Waals surface area (Å²) in [5.74, 6) is -1.82. The number of hydrogen-bond acceptors (Lipinski definition) is 2. The molecule has 1 amide bonds. The molecular formula is C13H18F2N2O. The number of rotatable bonds is 4. The lowest BCUT2D eigenvalue weighted by molar-refractivity contribution is 0.0772. The van der Waals surface area contributed by atoms with E-state index in [0.29, 0.717) is 13.1 Å². The molecule has 18 heavy (non-hydrogen) atoms. The van der Waals surface area contributed by atoms with Crippen LogP contribution < -0.4 is 5.73 Å². The second-order valence-corrected chi connectivity index (χ2v) is 4.61. The van der Waals surface area contributed by atoms with Crippen LogP contribution >= 0.6 is 0 Å². The van der Waals surface area contributed by atoms with Crippen LogP contribution in [0.2, 0.25) is 0 Å². The van der Waals surface area contributed by atoms with Gasteiger partial charge in [0.15, 0.2) is 0 Å². The minimum atomic E-state index is -0.838. The zero-order chi connectivity index (χ0) is 13.9. The van der Waals surface area contributed by atoms with Crippen LogP contribution in [0.15, 0.2) is 12.1 Å². The third kappa shape index (κ3) is 3.26. The van der Waals surface area contributed by atoms with Gasteiger partial charge in [-0.1, -0.05) is 6.92 Å². The minimum absolute atomic E-state index is 0.111. The molecule has 0 fully saturated rings. The molecule has 0 saturated heterocycles. The molecule has 0 aliphatic rings. The molecule has 1 aromatic carbocycles. The second kappa shape index (κ2) is 5.91. The molecule has 0 heterocycles. The maximum atomic E-state index is 13.5. The highest BCUT2D eigenvalue weighted by atomic mass is 19.1. The van der Waals surface area contributed by atoms with Crippen LogP contribution in [0.4, 0.5) is 8.78 Å². The van der Waals surface area contributed by atoms with Crippen LogP contribution in [0, 0.1) is 24.5 Å². The standard InChI is InChI=1S/C13H18F2N2O/c1-8(6-16)7-17(3)13(18)10-4-9(2)11(14)5-12(10)15/h4-5,8H,6-7,16H2,1-3H3. The van der Waals surface area contributed by atoms with Gasteiger partial charge in [0, 0.05) is 19.7 Å². The number of benzene rings is 1. The molecule has 100 valence electrons. The van der Waals surface area contributed by atoms with E-state index in [1.54, 1.807) is 7.05 Å². The lowest BCUT2D eigenvalue weighted by atomic mass is 10.1. The van der Waals surface area contributed by atoms with Gasteiger partial charge in [0.25, 0.3) is 5.91 Å². The van der Waals surface area contributed by atoms with E-state index >= 15 is 0 Å². The Labute approximate surface area is 106 Å². The number of aryl methyl sites for hydroxylation is 1. The molecule has 0 saturated carbocycles. The second-order valence-electron chi connectivity index (χ2n) is 4.61. The molecule has 1 atom stereocenters. The van der Waals surface area contributed by atoms with Gasteiger partial charge >= 0.3 is 0 Å². The highest BCUT2D eigenvalue weighted by Crippen LogP contribution is 2.16. The van der Waals surface area contributed by atoms with E-state index in [-0.39, 0.29) is 17.0 Å². The summed E-state index contributed by atoms with van der Waals surface area (Å²) in [6, 6.07) is 1.97. The predicted molar refractivity (Wildman–Crippen MR) is 66.3 cm³/mol. The van der Waals surface area contributed by atoms with E-state index in [4.69, 9.17) is 5.73 Å². The molecule has 0 aliphatic heterocycles. The third-order valence-electron chi connectivity index (χ3n) is 2.81.